The number of carbonyl (C=O) groups excluding carboxylic acids is 1. The topological polar surface area (TPSA) is 53.4 Å². The van der Waals surface area contributed by atoms with E-state index in [-0.39, 0.29) is 11.8 Å². The van der Waals surface area contributed by atoms with Crippen molar-refractivity contribution in [2.45, 2.75) is 72.0 Å². The number of rotatable bonds is 7. The number of fused-ring (bicyclic) bond motifs is 1. The highest BCUT2D eigenvalue weighted by molar-refractivity contribution is 5.79. The smallest absolute Gasteiger partial charge is 0.223 e. The summed E-state index contributed by atoms with van der Waals surface area (Å²) in [4.78, 5) is 17.3. The minimum atomic E-state index is 0.208. The summed E-state index contributed by atoms with van der Waals surface area (Å²) in [5.74, 6) is 0.452. The highest BCUT2D eigenvalue weighted by atomic mass is 16.1. The summed E-state index contributed by atoms with van der Waals surface area (Å²) in [5.41, 5.74) is 2.60. The summed E-state index contributed by atoms with van der Waals surface area (Å²) in [7, 11) is 0. The van der Waals surface area contributed by atoms with Crippen LogP contribution in [0.25, 0.3) is 0 Å². The molecule has 3 heterocycles. The highest BCUT2D eigenvalue weighted by Gasteiger charge is 2.28. The Balaban J connectivity index is 1.32. The van der Waals surface area contributed by atoms with E-state index in [1.807, 2.05) is 0 Å². The molecule has 6 heteroatoms. The Bertz CT molecular complexity index is 672. The van der Waals surface area contributed by atoms with Crippen LogP contribution < -0.4 is 5.32 Å². The zero-order valence-corrected chi connectivity index (χ0v) is 17.8. The van der Waals surface area contributed by atoms with E-state index in [0.717, 1.165) is 51.1 Å². The van der Waals surface area contributed by atoms with Crippen molar-refractivity contribution in [3.05, 3.63) is 17.5 Å². The fourth-order valence-corrected chi connectivity index (χ4v) is 5.00. The van der Waals surface area contributed by atoms with Crippen molar-refractivity contribution in [3.63, 3.8) is 0 Å². The Morgan fingerprint density at radius 3 is 2.50 bits per heavy atom. The predicted molar refractivity (Wildman–Crippen MR) is 111 cm³/mol. The van der Waals surface area contributed by atoms with Crippen molar-refractivity contribution in [1.82, 2.24) is 24.9 Å². The largest absolute Gasteiger partial charge is 0.350 e. The van der Waals surface area contributed by atoms with Crippen molar-refractivity contribution in [2.75, 3.05) is 32.7 Å². The Morgan fingerprint density at radius 2 is 1.79 bits per heavy atom. The van der Waals surface area contributed by atoms with Gasteiger partial charge in [-0.15, -0.1) is 0 Å². The number of carbonyl (C=O) groups is 1. The van der Waals surface area contributed by atoms with Crippen LogP contribution in [0.3, 0.4) is 0 Å². The quantitative estimate of drug-likeness (QED) is 0.781. The summed E-state index contributed by atoms with van der Waals surface area (Å²) >= 11 is 0. The molecule has 0 atom stereocenters. The Labute approximate surface area is 169 Å². The van der Waals surface area contributed by atoms with Crippen LogP contribution in [0, 0.1) is 11.3 Å². The zero-order valence-electron chi connectivity index (χ0n) is 17.8. The fourth-order valence-electron chi connectivity index (χ4n) is 5.00. The second kappa shape index (κ2) is 8.54. The first-order chi connectivity index (χ1) is 13.5. The molecular formula is C22H37N5O. The molecule has 0 bridgehead atoms. The normalized spacial score (nSPS) is 21.9. The third-order valence-corrected chi connectivity index (χ3v) is 6.57. The van der Waals surface area contributed by atoms with E-state index in [2.05, 4.69) is 39.7 Å². The Kier molecular flexibility index (Phi) is 6.07. The van der Waals surface area contributed by atoms with E-state index in [4.69, 9.17) is 5.10 Å². The summed E-state index contributed by atoms with van der Waals surface area (Å²) < 4.78 is 2.16. The molecule has 1 saturated carbocycles. The third-order valence-electron chi connectivity index (χ3n) is 6.57. The van der Waals surface area contributed by atoms with Crippen molar-refractivity contribution < 1.29 is 4.79 Å². The minimum Gasteiger partial charge on any atom is -0.350 e. The van der Waals surface area contributed by atoms with Gasteiger partial charge < -0.3 is 10.2 Å². The fraction of sp³-hybridized carbons (Fsp3) is 0.818. The van der Waals surface area contributed by atoms with Crippen LogP contribution in [0.4, 0.5) is 0 Å². The number of hydrogen-bond donors (Lipinski definition) is 1. The van der Waals surface area contributed by atoms with Gasteiger partial charge in [-0.25, -0.2) is 0 Å². The standard InChI is InChI=1S/C22H37N5O/c1-22(2,16-25-9-3-4-10-25)17-26-11-6-12-27-20(15-26)13-19(24-27)14-23-21(28)18-7-5-8-18/h13,18H,3-12,14-17H2,1-2H3,(H,23,28). The molecular weight excluding hydrogens is 350 g/mol. The van der Waals surface area contributed by atoms with Crippen molar-refractivity contribution >= 4 is 5.91 Å². The minimum absolute atomic E-state index is 0.208. The van der Waals surface area contributed by atoms with Gasteiger partial charge in [0.15, 0.2) is 0 Å². The highest BCUT2D eigenvalue weighted by Crippen LogP contribution is 2.26. The molecule has 0 spiro atoms. The Morgan fingerprint density at radius 1 is 1.07 bits per heavy atom. The number of nitrogens with zero attached hydrogens (tertiary/aromatic N) is 4. The van der Waals surface area contributed by atoms with E-state index in [0.29, 0.717) is 12.0 Å². The van der Waals surface area contributed by atoms with Crippen molar-refractivity contribution in [3.8, 4) is 0 Å². The van der Waals surface area contributed by atoms with E-state index in [1.165, 1.54) is 44.6 Å². The molecule has 28 heavy (non-hydrogen) atoms. The van der Waals surface area contributed by atoms with Gasteiger partial charge in [-0.3, -0.25) is 14.4 Å². The van der Waals surface area contributed by atoms with Crippen LogP contribution >= 0.6 is 0 Å². The average Bonchev–Trinajstić information content (AvgIpc) is 3.17. The van der Waals surface area contributed by atoms with Crippen LogP contribution in [0.1, 0.15) is 63.8 Å². The SMILES string of the molecule is CC(C)(CN1CCCC1)CN1CCCn2nc(CNC(=O)C3CCC3)cc2C1. The molecule has 1 N–H and O–H groups in total. The van der Waals surface area contributed by atoms with Crippen LogP contribution in [0.5, 0.6) is 0 Å². The Hall–Kier alpha value is -1.40. The molecule has 2 fully saturated rings. The lowest BCUT2D eigenvalue weighted by Crippen LogP contribution is -2.41. The summed E-state index contributed by atoms with van der Waals surface area (Å²) in [5, 5.41) is 7.85. The van der Waals surface area contributed by atoms with Crippen LogP contribution in [0.2, 0.25) is 0 Å². The number of hydrogen-bond acceptors (Lipinski definition) is 4. The van der Waals surface area contributed by atoms with E-state index < -0.39 is 0 Å². The number of nitrogens with one attached hydrogen (secondary N) is 1. The maximum Gasteiger partial charge on any atom is 0.223 e. The lowest BCUT2D eigenvalue weighted by Gasteiger charge is -2.35. The van der Waals surface area contributed by atoms with Crippen LogP contribution in [-0.4, -0.2) is 58.2 Å². The average molecular weight is 388 g/mol. The molecule has 0 unspecified atom stereocenters. The molecule has 1 aromatic heterocycles. The van der Waals surface area contributed by atoms with Gasteiger partial charge in [-0.1, -0.05) is 20.3 Å². The summed E-state index contributed by atoms with van der Waals surface area (Å²) in [6, 6.07) is 2.20. The van der Waals surface area contributed by atoms with Gasteiger partial charge in [0.2, 0.25) is 5.91 Å². The first kappa shape index (κ1) is 19.9. The molecule has 156 valence electrons. The monoisotopic (exact) mass is 387 g/mol. The summed E-state index contributed by atoms with van der Waals surface area (Å²) in [6.45, 7) is 13.3. The van der Waals surface area contributed by atoms with Gasteiger partial charge in [-0.05, 0) is 56.7 Å². The molecule has 2 aliphatic heterocycles. The lowest BCUT2D eigenvalue weighted by atomic mass is 9.85. The van der Waals surface area contributed by atoms with Gasteiger partial charge in [0.25, 0.3) is 0 Å². The molecule has 0 aromatic carbocycles. The number of amides is 1. The molecule has 0 radical (unpaired) electrons. The van der Waals surface area contributed by atoms with E-state index >= 15 is 0 Å². The zero-order chi connectivity index (χ0) is 19.6. The van der Waals surface area contributed by atoms with Gasteiger partial charge in [-0.2, -0.15) is 5.10 Å². The summed E-state index contributed by atoms with van der Waals surface area (Å²) in [6.07, 6.45) is 7.16. The predicted octanol–water partition coefficient (Wildman–Crippen LogP) is 2.63. The lowest BCUT2D eigenvalue weighted by molar-refractivity contribution is -0.127. The molecule has 6 nitrogen and oxygen atoms in total. The molecule has 4 rings (SSSR count). The van der Waals surface area contributed by atoms with Crippen LogP contribution in [-0.2, 0) is 24.4 Å². The van der Waals surface area contributed by atoms with E-state index in [9.17, 15) is 4.79 Å². The number of aromatic nitrogens is 2. The van der Waals surface area contributed by atoms with E-state index in [1.54, 1.807) is 0 Å². The van der Waals surface area contributed by atoms with Crippen LogP contribution in [0.15, 0.2) is 6.07 Å². The van der Waals surface area contributed by atoms with Gasteiger partial charge in [0.1, 0.15) is 0 Å². The molecule has 1 amide bonds. The molecule has 1 saturated heterocycles. The first-order valence-corrected chi connectivity index (χ1v) is 11.3. The van der Waals surface area contributed by atoms with Gasteiger partial charge in [0, 0.05) is 38.6 Å². The second-order valence-corrected chi connectivity index (χ2v) is 9.91. The van der Waals surface area contributed by atoms with Crippen molar-refractivity contribution in [1.29, 1.82) is 0 Å². The van der Waals surface area contributed by atoms with Crippen molar-refractivity contribution in [2.24, 2.45) is 11.3 Å². The second-order valence-electron chi connectivity index (χ2n) is 9.91. The third kappa shape index (κ3) is 4.95. The van der Waals surface area contributed by atoms with Gasteiger partial charge in [0.05, 0.1) is 17.9 Å². The van der Waals surface area contributed by atoms with Gasteiger partial charge >= 0.3 is 0 Å². The molecule has 1 aliphatic carbocycles. The molecule has 3 aliphatic rings. The maximum atomic E-state index is 12.1. The number of aryl methyl sites for hydroxylation is 1. The number of likely N-dealkylation sites (tertiary alicyclic amines) is 1. The first-order valence-electron chi connectivity index (χ1n) is 11.3. The molecule has 1 aromatic rings. The maximum absolute atomic E-state index is 12.1.